The molecule has 0 amide bonds. The van der Waals surface area contributed by atoms with Gasteiger partial charge in [-0.05, 0) is 50.3 Å². The highest BCUT2D eigenvalue weighted by molar-refractivity contribution is 7.92. The third-order valence-corrected chi connectivity index (χ3v) is 7.09. The molecule has 0 aliphatic rings. The van der Waals surface area contributed by atoms with Gasteiger partial charge >= 0.3 is 0 Å². The van der Waals surface area contributed by atoms with Gasteiger partial charge in [0.25, 0.3) is 0 Å². The van der Waals surface area contributed by atoms with Crippen LogP contribution in [0.3, 0.4) is 0 Å². The maximum Gasteiger partial charge on any atom is 0.189 e. The van der Waals surface area contributed by atoms with Crippen molar-refractivity contribution in [1.29, 1.82) is 0 Å². The molecule has 0 bridgehead atoms. The molecule has 1 aromatic carbocycles. The Balaban J connectivity index is 1.65. The van der Waals surface area contributed by atoms with Gasteiger partial charge in [0, 0.05) is 11.6 Å². The Kier molecular flexibility index (Phi) is 6.10. The maximum atomic E-state index is 12.4. The van der Waals surface area contributed by atoms with Crippen molar-refractivity contribution in [3.05, 3.63) is 54.9 Å². The second-order valence-electron chi connectivity index (χ2n) is 7.29. The van der Waals surface area contributed by atoms with Crippen LogP contribution in [0.15, 0.2) is 69.3 Å². The van der Waals surface area contributed by atoms with E-state index in [1.807, 2.05) is 0 Å². The van der Waals surface area contributed by atoms with Gasteiger partial charge in [-0.15, -0.1) is 0 Å². The Morgan fingerprint density at radius 2 is 1.79 bits per heavy atom. The lowest BCUT2D eigenvalue weighted by atomic mass is 10.1. The highest BCUT2D eigenvalue weighted by Crippen LogP contribution is 2.30. The number of aliphatic imine (C=N–C) groups is 1. The Morgan fingerprint density at radius 1 is 1.03 bits per heavy atom. The molecule has 2 N–H and O–H groups in total. The summed E-state index contributed by atoms with van der Waals surface area (Å²) < 4.78 is 30.1. The van der Waals surface area contributed by atoms with Gasteiger partial charge in [0.2, 0.25) is 0 Å². The van der Waals surface area contributed by atoms with Gasteiger partial charge in [-0.25, -0.2) is 18.4 Å². The monoisotopic (exact) mass is 478 g/mol. The zero-order valence-electron chi connectivity index (χ0n) is 17.6. The minimum absolute atomic E-state index is 0.166. The molecular formula is C22H18N6O3S2. The molecule has 0 aliphatic carbocycles. The van der Waals surface area contributed by atoms with Gasteiger partial charge in [-0.2, -0.15) is 4.99 Å². The summed E-state index contributed by atoms with van der Waals surface area (Å²) in [6.07, 6.45) is 3.06. The number of isothiocyanates is 1. The van der Waals surface area contributed by atoms with E-state index in [0.717, 1.165) is 0 Å². The van der Waals surface area contributed by atoms with Crippen molar-refractivity contribution >= 4 is 38.7 Å². The number of nitrogens with two attached hydrogens (primary N) is 1. The van der Waals surface area contributed by atoms with Crippen molar-refractivity contribution in [3.63, 3.8) is 0 Å². The molecular weight excluding hydrogens is 460 g/mol. The average molecular weight is 479 g/mol. The second kappa shape index (κ2) is 8.99. The standard InChI is InChI=1S/C22H18N6O3S2/c1-13(2)33(29,30)16-6-3-14(4-7-16)19-11-25-22(23)21(27-19)20-9-18(28-31-20)17-8-5-15(10-24-17)26-12-32/h3-11,13H,1-2H3,(H2,23,25). The molecule has 4 rings (SSSR count). The Hall–Kier alpha value is -3.79. The SMILES string of the molecule is CC(C)S(=O)(=O)c1ccc(-c2cnc(N)c(-c3cc(-c4ccc(N=C=S)cn4)no3)n2)cc1. The minimum Gasteiger partial charge on any atom is -0.382 e. The summed E-state index contributed by atoms with van der Waals surface area (Å²) in [6.45, 7) is 3.29. The van der Waals surface area contributed by atoms with E-state index in [1.54, 1.807) is 62.5 Å². The zero-order valence-corrected chi connectivity index (χ0v) is 19.3. The summed E-state index contributed by atoms with van der Waals surface area (Å²) >= 11 is 4.59. The topological polar surface area (TPSA) is 137 Å². The number of thiocarbonyl (C=S) groups is 1. The highest BCUT2D eigenvalue weighted by Gasteiger charge is 2.20. The lowest BCUT2D eigenvalue weighted by molar-refractivity contribution is 0.433. The van der Waals surface area contributed by atoms with Crippen LogP contribution in [0, 0.1) is 0 Å². The second-order valence-corrected chi connectivity index (χ2v) is 9.98. The molecule has 0 fully saturated rings. The first-order valence-electron chi connectivity index (χ1n) is 9.78. The van der Waals surface area contributed by atoms with E-state index in [2.05, 4.69) is 42.5 Å². The van der Waals surface area contributed by atoms with Gasteiger partial charge in [-0.3, -0.25) is 4.98 Å². The van der Waals surface area contributed by atoms with Gasteiger partial charge in [-0.1, -0.05) is 17.3 Å². The third kappa shape index (κ3) is 4.56. The average Bonchev–Trinajstić information content (AvgIpc) is 3.30. The molecule has 0 saturated carbocycles. The van der Waals surface area contributed by atoms with Crippen LogP contribution in [0.4, 0.5) is 11.5 Å². The van der Waals surface area contributed by atoms with Gasteiger partial charge < -0.3 is 10.3 Å². The number of hydrogen-bond acceptors (Lipinski definition) is 10. The molecule has 0 atom stereocenters. The number of nitrogens with zero attached hydrogens (tertiary/aromatic N) is 5. The van der Waals surface area contributed by atoms with Crippen LogP contribution in [0.2, 0.25) is 0 Å². The number of sulfone groups is 1. The summed E-state index contributed by atoms with van der Waals surface area (Å²) in [5, 5.41) is 5.82. The largest absolute Gasteiger partial charge is 0.382 e. The van der Waals surface area contributed by atoms with E-state index in [-0.39, 0.29) is 10.7 Å². The summed E-state index contributed by atoms with van der Waals surface area (Å²) in [5.41, 5.74) is 9.16. The van der Waals surface area contributed by atoms with Crippen molar-refractivity contribution in [1.82, 2.24) is 20.1 Å². The summed E-state index contributed by atoms with van der Waals surface area (Å²) in [7, 11) is -3.36. The van der Waals surface area contributed by atoms with Crippen LogP contribution >= 0.6 is 12.2 Å². The van der Waals surface area contributed by atoms with E-state index < -0.39 is 15.1 Å². The van der Waals surface area contributed by atoms with Crippen LogP contribution in [0.25, 0.3) is 34.1 Å². The lowest BCUT2D eigenvalue weighted by Gasteiger charge is -2.09. The van der Waals surface area contributed by atoms with Crippen LogP contribution in [0.1, 0.15) is 13.8 Å². The van der Waals surface area contributed by atoms with E-state index in [9.17, 15) is 8.42 Å². The predicted octanol–water partition coefficient (Wildman–Crippen LogP) is 4.36. The molecule has 0 radical (unpaired) electrons. The number of hydrogen-bond donors (Lipinski definition) is 1. The summed E-state index contributed by atoms with van der Waals surface area (Å²) in [6, 6.07) is 11.6. The fraction of sp³-hybridized carbons (Fsp3) is 0.136. The first-order chi connectivity index (χ1) is 15.8. The third-order valence-electron chi connectivity index (χ3n) is 4.83. The van der Waals surface area contributed by atoms with Crippen LogP contribution in [-0.4, -0.2) is 38.9 Å². The van der Waals surface area contributed by atoms with Crippen molar-refractivity contribution in [3.8, 4) is 34.1 Å². The molecule has 4 aromatic rings. The van der Waals surface area contributed by atoms with E-state index in [1.165, 1.54) is 6.20 Å². The molecule has 0 saturated heterocycles. The molecule has 0 aliphatic heterocycles. The summed E-state index contributed by atoms with van der Waals surface area (Å²) in [5.74, 6) is 0.484. The van der Waals surface area contributed by atoms with E-state index in [4.69, 9.17) is 10.3 Å². The molecule has 166 valence electrons. The number of nitrogen functional groups attached to an aromatic ring is 1. The zero-order chi connectivity index (χ0) is 23.6. The quantitative estimate of drug-likeness (QED) is 0.316. The van der Waals surface area contributed by atoms with Gasteiger partial charge in [0.1, 0.15) is 5.69 Å². The Labute approximate surface area is 195 Å². The molecule has 33 heavy (non-hydrogen) atoms. The fourth-order valence-electron chi connectivity index (χ4n) is 2.97. The Bertz CT molecular complexity index is 1460. The Morgan fingerprint density at radius 3 is 2.42 bits per heavy atom. The predicted molar refractivity (Wildman–Crippen MR) is 128 cm³/mol. The summed E-state index contributed by atoms with van der Waals surface area (Å²) in [4.78, 5) is 17.2. The number of benzene rings is 1. The highest BCUT2D eigenvalue weighted by atomic mass is 32.2. The lowest BCUT2D eigenvalue weighted by Crippen LogP contribution is -2.13. The number of pyridine rings is 1. The first kappa shape index (κ1) is 22.4. The van der Waals surface area contributed by atoms with E-state index >= 15 is 0 Å². The molecule has 11 heteroatoms. The molecule has 3 aromatic heterocycles. The van der Waals surface area contributed by atoms with E-state index in [0.29, 0.717) is 39.8 Å². The minimum atomic E-state index is -3.36. The van der Waals surface area contributed by atoms with Crippen LogP contribution < -0.4 is 5.73 Å². The smallest absolute Gasteiger partial charge is 0.189 e. The van der Waals surface area contributed by atoms with Crippen molar-refractivity contribution in [2.24, 2.45) is 4.99 Å². The first-order valence-corrected chi connectivity index (χ1v) is 11.7. The van der Waals surface area contributed by atoms with Gasteiger partial charge in [0.05, 0.1) is 44.8 Å². The molecule has 3 heterocycles. The van der Waals surface area contributed by atoms with Crippen molar-refractivity contribution < 1.29 is 12.9 Å². The molecule has 0 unspecified atom stereocenters. The number of anilines is 1. The number of rotatable bonds is 6. The van der Waals surface area contributed by atoms with Gasteiger partial charge in [0.15, 0.2) is 27.1 Å². The number of aromatic nitrogens is 4. The molecule has 9 nitrogen and oxygen atoms in total. The fourth-order valence-corrected chi connectivity index (χ4v) is 4.14. The molecule has 0 spiro atoms. The maximum absolute atomic E-state index is 12.4. The van der Waals surface area contributed by atoms with Crippen molar-refractivity contribution in [2.75, 3.05) is 5.73 Å². The van der Waals surface area contributed by atoms with Crippen LogP contribution in [0.5, 0.6) is 0 Å². The normalized spacial score (nSPS) is 11.4. The van der Waals surface area contributed by atoms with Crippen molar-refractivity contribution in [2.45, 2.75) is 24.0 Å². The van der Waals surface area contributed by atoms with Crippen LogP contribution in [-0.2, 0) is 9.84 Å².